The normalized spacial score (nSPS) is 16.8. The summed E-state index contributed by atoms with van der Waals surface area (Å²) in [4.78, 5) is 17.7. The SMILES string of the molecule is Cc1oc(-c2ccc(C(F)(F)F)cc2)nc1COc1ccc(CN2CCCC2C(=O)O)cc1. The molecule has 0 bridgehead atoms. The smallest absolute Gasteiger partial charge is 0.416 e. The van der Waals surface area contributed by atoms with E-state index in [0.29, 0.717) is 35.7 Å². The number of aryl methyl sites for hydroxylation is 1. The molecule has 1 aliphatic heterocycles. The predicted octanol–water partition coefficient (Wildman–Crippen LogP) is 5.30. The van der Waals surface area contributed by atoms with E-state index >= 15 is 0 Å². The molecule has 174 valence electrons. The van der Waals surface area contributed by atoms with Gasteiger partial charge in [0.1, 0.15) is 29.9 Å². The fourth-order valence-electron chi connectivity index (χ4n) is 3.86. The first-order valence-electron chi connectivity index (χ1n) is 10.5. The van der Waals surface area contributed by atoms with Gasteiger partial charge in [-0.2, -0.15) is 13.2 Å². The number of carboxylic acid groups (broad SMARTS) is 1. The number of oxazole rings is 1. The first-order valence-corrected chi connectivity index (χ1v) is 10.5. The topological polar surface area (TPSA) is 75.8 Å². The Bertz CT molecular complexity index is 1110. The van der Waals surface area contributed by atoms with Crippen molar-refractivity contribution in [2.75, 3.05) is 6.54 Å². The second kappa shape index (κ2) is 9.27. The van der Waals surface area contributed by atoms with Crippen LogP contribution in [-0.4, -0.2) is 33.5 Å². The Morgan fingerprint density at radius 3 is 2.52 bits per heavy atom. The first-order chi connectivity index (χ1) is 15.7. The molecule has 1 aromatic heterocycles. The highest BCUT2D eigenvalue weighted by molar-refractivity contribution is 5.73. The summed E-state index contributed by atoms with van der Waals surface area (Å²) in [5.74, 6) is 0.587. The number of rotatable bonds is 7. The number of carbonyl (C=O) groups is 1. The lowest BCUT2D eigenvalue weighted by Crippen LogP contribution is -2.35. The van der Waals surface area contributed by atoms with E-state index < -0.39 is 23.8 Å². The number of aliphatic carboxylic acids is 1. The number of nitrogens with zero attached hydrogens (tertiary/aromatic N) is 2. The number of aromatic nitrogens is 1. The monoisotopic (exact) mass is 460 g/mol. The van der Waals surface area contributed by atoms with Gasteiger partial charge in [-0.1, -0.05) is 12.1 Å². The predicted molar refractivity (Wildman–Crippen MR) is 114 cm³/mol. The zero-order valence-electron chi connectivity index (χ0n) is 17.9. The van der Waals surface area contributed by atoms with Crippen LogP contribution in [0.4, 0.5) is 13.2 Å². The largest absolute Gasteiger partial charge is 0.487 e. The average molecular weight is 460 g/mol. The molecule has 9 heteroatoms. The minimum atomic E-state index is -4.40. The molecule has 1 fully saturated rings. The first kappa shape index (κ1) is 22.8. The number of halogens is 3. The lowest BCUT2D eigenvalue weighted by molar-refractivity contribution is -0.142. The van der Waals surface area contributed by atoms with Crippen LogP contribution in [0.25, 0.3) is 11.5 Å². The summed E-state index contributed by atoms with van der Waals surface area (Å²) in [5, 5.41) is 9.30. The molecule has 1 unspecified atom stereocenters. The molecule has 2 heterocycles. The fraction of sp³-hybridized carbons (Fsp3) is 0.333. The number of alkyl halides is 3. The van der Waals surface area contributed by atoms with Crippen molar-refractivity contribution in [3.8, 4) is 17.2 Å². The summed E-state index contributed by atoms with van der Waals surface area (Å²) in [6.45, 7) is 3.19. The molecule has 0 amide bonds. The number of likely N-dealkylation sites (tertiary alicyclic amines) is 1. The second-order valence-corrected chi connectivity index (χ2v) is 8.00. The molecule has 0 saturated carbocycles. The van der Waals surface area contributed by atoms with Gasteiger partial charge in [-0.3, -0.25) is 9.69 Å². The van der Waals surface area contributed by atoms with Crippen molar-refractivity contribution in [2.45, 2.75) is 45.1 Å². The molecule has 1 aliphatic rings. The summed E-state index contributed by atoms with van der Waals surface area (Å²) in [5.41, 5.74) is 1.26. The molecule has 3 aromatic rings. The zero-order valence-corrected chi connectivity index (χ0v) is 17.9. The van der Waals surface area contributed by atoms with Gasteiger partial charge >= 0.3 is 12.1 Å². The van der Waals surface area contributed by atoms with Crippen molar-refractivity contribution >= 4 is 5.97 Å². The van der Waals surface area contributed by atoms with E-state index in [-0.39, 0.29) is 12.5 Å². The van der Waals surface area contributed by atoms with Crippen molar-refractivity contribution in [1.82, 2.24) is 9.88 Å². The maximum Gasteiger partial charge on any atom is 0.416 e. The number of ether oxygens (including phenoxy) is 1. The molecule has 33 heavy (non-hydrogen) atoms. The van der Waals surface area contributed by atoms with E-state index in [1.54, 1.807) is 6.92 Å². The maximum absolute atomic E-state index is 12.7. The van der Waals surface area contributed by atoms with Gasteiger partial charge in [0.25, 0.3) is 0 Å². The van der Waals surface area contributed by atoms with Gasteiger partial charge in [0.2, 0.25) is 5.89 Å². The lowest BCUT2D eigenvalue weighted by atomic mass is 10.1. The van der Waals surface area contributed by atoms with Crippen LogP contribution in [0.5, 0.6) is 5.75 Å². The molecule has 0 spiro atoms. The Balaban J connectivity index is 1.37. The third kappa shape index (κ3) is 5.36. The van der Waals surface area contributed by atoms with Gasteiger partial charge in [0.05, 0.1) is 5.56 Å². The third-order valence-electron chi connectivity index (χ3n) is 5.69. The highest BCUT2D eigenvalue weighted by Crippen LogP contribution is 2.31. The van der Waals surface area contributed by atoms with Gasteiger partial charge in [0, 0.05) is 12.1 Å². The van der Waals surface area contributed by atoms with E-state index in [9.17, 15) is 23.1 Å². The summed E-state index contributed by atoms with van der Waals surface area (Å²) < 4.78 is 49.6. The highest BCUT2D eigenvalue weighted by Gasteiger charge is 2.31. The molecular weight excluding hydrogens is 437 g/mol. The van der Waals surface area contributed by atoms with E-state index in [1.165, 1.54) is 12.1 Å². The summed E-state index contributed by atoms with van der Waals surface area (Å²) in [7, 11) is 0. The Hall–Kier alpha value is -3.33. The number of carboxylic acids is 1. The minimum absolute atomic E-state index is 0.141. The van der Waals surface area contributed by atoms with Crippen molar-refractivity contribution in [3.05, 3.63) is 71.1 Å². The fourth-order valence-corrected chi connectivity index (χ4v) is 3.86. The van der Waals surface area contributed by atoms with Crippen LogP contribution in [-0.2, 0) is 24.1 Å². The molecule has 2 aromatic carbocycles. The molecule has 1 saturated heterocycles. The summed E-state index contributed by atoms with van der Waals surface area (Å²) in [6.07, 6.45) is -2.85. The van der Waals surface area contributed by atoms with Crippen molar-refractivity contribution in [3.63, 3.8) is 0 Å². The van der Waals surface area contributed by atoms with Crippen molar-refractivity contribution in [1.29, 1.82) is 0 Å². The van der Waals surface area contributed by atoms with E-state index in [1.807, 2.05) is 29.2 Å². The van der Waals surface area contributed by atoms with Crippen molar-refractivity contribution < 1.29 is 32.2 Å². The summed E-state index contributed by atoms with van der Waals surface area (Å²) >= 11 is 0. The standard InChI is InChI=1S/C24H23F3N2O4/c1-15-20(28-22(33-15)17-6-8-18(9-7-17)24(25,26)27)14-32-19-10-4-16(5-11-19)13-29-12-2-3-21(29)23(30)31/h4-11,21H,2-3,12-14H2,1H3,(H,30,31). The average Bonchev–Trinajstić information content (AvgIpc) is 3.39. The van der Waals surface area contributed by atoms with E-state index in [0.717, 1.165) is 30.7 Å². The lowest BCUT2D eigenvalue weighted by Gasteiger charge is -2.21. The van der Waals surface area contributed by atoms with E-state index in [2.05, 4.69) is 4.98 Å². The van der Waals surface area contributed by atoms with Crippen LogP contribution < -0.4 is 4.74 Å². The molecule has 0 aliphatic carbocycles. The minimum Gasteiger partial charge on any atom is -0.487 e. The van der Waals surface area contributed by atoms with Crippen LogP contribution in [0.1, 0.15) is 35.4 Å². The van der Waals surface area contributed by atoms with Gasteiger partial charge in [-0.15, -0.1) is 0 Å². The molecule has 1 N–H and O–H groups in total. The Morgan fingerprint density at radius 1 is 1.18 bits per heavy atom. The molecule has 0 radical (unpaired) electrons. The molecule has 4 rings (SSSR count). The Labute approximate surface area is 188 Å². The Morgan fingerprint density at radius 2 is 1.88 bits per heavy atom. The molecule has 1 atom stereocenters. The second-order valence-electron chi connectivity index (χ2n) is 8.00. The number of hydrogen-bond donors (Lipinski definition) is 1. The van der Waals surface area contributed by atoms with Crippen LogP contribution in [0, 0.1) is 6.92 Å². The van der Waals surface area contributed by atoms with Crippen LogP contribution in [0.3, 0.4) is 0 Å². The Kier molecular flexibility index (Phi) is 6.42. The number of benzene rings is 2. The number of hydrogen-bond acceptors (Lipinski definition) is 5. The molecular formula is C24H23F3N2O4. The molecule has 6 nitrogen and oxygen atoms in total. The maximum atomic E-state index is 12.7. The highest BCUT2D eigenvalue weighted by atomic mass is 19.4. The zero-order chi connectivity index (χ0) is 23.6. The van der Waals surface area contributed by atoms with Crippen LogP contribution >= 0.6 is 0 Å². The quantitative estimate of drug-likeness (QED) is 0.516. The summed E-state index contributed by atoms with van der Waals surface area (Å²) in [6, 6.07) is 11.6. The third-order valence-corrected chi connectivity index (χ3v) is 5.69. The van der Waals surface area contributed by atoms with Gasteiger partial charge in [-0.25, -0.2) is 4.98 Å². The van der Waals surface area contributed by atoms with Crippen LogP contribution in [0.15, 0.2) is 52.9 Å². The van der Waals surface area contributed by atoms with Crippen molar-refractivity contribution in [2.24, 2.45) is 0 Å². The van der Waals surface area contributed by atoms with Gasteiger partial charge < -0.3 is 14.3 Å². The van der Waals surface area contributed by atoms with Gasteiger partial charge in [-0.05, 0) is 68.3 Å². The van der Waals surface area contributed by atoms with E-state index in [4.69, 9.17) is 9.15 Å². The van der Waals surface area contributed by atoms with Crippen LogP contribution in [0.2, 0.25) is 0 Å². The van der Waals surface area contributed by atoms with Gasteiger partial charge in [0.15, 0.2) is 0 Å².